The lowest BCUT2D eigenvalue weighted by atomic mass is 10.2. The summed E-state index contributed by atoms with van der Waals surface area (Å²) >= 11 is 0. The number of rotatable bonds is 1. The third-order valence-corrected chi connectivity index (χ3v) is 1.47. The van der Waals surface area contributed by atoms with Gasteiger partial charge in [0.25, 0.3) is 0 Å². The Bertz CT molecular complexity index is 169. The number of carbonyl (C=O) groups is 1. The van der Waals surface area contributed by atoms with Gasteiger partial charge in [0.1, 0.15) is 5.60 Å². The summed E-state index contributed by atoms with van der Waals surface area (Å²) in [6.45, 7) is 5.46. The summed E-state index contributed by atoms with van der Waals surface area (Å²) in [6.07, 6.45) is 0.111. The fourth-order valence-corrected chi connectivity index (χ4v) is 0.812. The smallest absolute Gasteiger partial charge is 0.312 e. The maximum absolute atomic E-state index is 11.0. The van der Waals surface area contributed by atoms with E-state index < -0.39 is 11.7 Å². The van der Waals surface area contributed by atoms with E-state index in [1.54, 1.807) is 0 Å². The molecule has 1 rings (SSSR count). The third kappa shape index (κ3) is 2.50. The molecule has 0 spiro atoms. The van der Waals surface area contributed by atoms with Gasteiger partial charge in [-0.25, -0.2) is 0 Å². The van der Waals surface area contributed by atoms with Gasteiger partial charge in [-0.15, -0.1) is 0 Å². The Labute approximate surface area is 66.4 Å². The maximum atomic E-state index is 11.0. The highest BCUT2D eigenvalue weighted by atomic mass is 16.6. The Morgan fingerprint density at radius 1 is 1.55 bits per heavy atom. The number of esters is 1. The summed E-state index contributed by atoms with van der Waals surface area (Å²) in [5.74, 6) is -0.528. The van der Waals surface area contributed by atoms with Crippen LogP contribution in [0.3, 0.4) is 0 Å². The average Bonchev–Trinajstić information content (AvgIpc) is 2.41. The molecule has 0 radical (unpaired) electrons. The maximum Gasteiger partial charge on any atom is 0.312 e. The monoisotopic (exact) mass is 158 g/mol. The largest absolute Gasteiger partial charge is 0.460 e. The first-order valence-electron chi connectivity index (χ1n) is 3.81. The molecule has 1 fully saturated rings. The van der Waals surface area contributed by atoms with Crippen molar-refractivity contribution in [2.75, 3.05) is 0 Å². The van der Waals surface area contributed by atoms with Gasteiger partial charge in [0.05, 0.1) is 12.0 Å². The van der Waals surface area contributed by atoms with Crippen LogP contribution in [0.5, 0.6) is 0 Å². The zero-order valence-corrected chi connectivity index (χ0v) is 7.13. The van der Waals surface area contributed by atoms with Gasteiger partial charge in [-0.2, -0.15) is 0 Å². The van der Waals surface area contributed by atoms with Gasteiger partial charge in [0, 0.05) is 0 Å². The summed E-state index contributed by atoms with van der Waals surface area (Å²) in [5, 5.41) is 8.89. The predicted octanol–water partition coefficient (Wildman–Crippen LogP) is 0.709. The molecular formula is C8H14O3. The predicted molar refractivity (Wildman–Crippen MR) is 40.0 cm³/mol. The van der Waals surface area contributed by atoms with Gasteiger partial charge in [-0.3, -0.25) is 4.79 Å². The van der Waals surface area contributed by atoms with Crippen LogP contribution in [0.2, 0.25) is 0 Å². The van der Waals surface area contributed by atoms with E-state index in [1.807, 2.05) is 20.8 Å². The van der Waals surface area contributed by atoms with Crippen molar-refractivity contribution in [1.29, 1.82) is 0 Å². The fraction of sp³-hybridized carbons (Fsp3) is 0.875. The van der Waals surface area contributed by atoms with E-state index >= 15 is 0 Å². The molecular weight excluding hydrogens is 144 g/mol. The van der Waals surface area contributed by atoms with Gasteiger partial charge in [0.15, 0.2) is 0 Å². The molecule has 2 unspecified atom stereocenters. The highest BCUT2D eigenvalue weighted by Gasteiger charge is 2.44. The van der Waals surface area contributed by atoms with Crippen LogP contribution in [-0.4, -0.2) is 22.8 Å². The Morgan fingerprint density at radius 2 is 2.00 bits per heavy atom. The molecule has 0 bridgehead atoms. The highest BCUT2D eigenvalue weighted by Crippen LogP contribution is 2.32. The number of hydrogen-bond donors (Lipinski definition) is 1. The molecule has 0 saturated heterocycles. The third-order valence-electron chi connectivity index (χ3n) is 1.47. The van der Waals surface area contributed by atoms with E-state index in [4.69, 9.17) is 9.84 Å². The van der Waals surface area contributed by atoms with E-state index in [-0.39, 0.29) is 11.9 Å². The Balaban J connectivity index is 2.33. The van der Waals surface area contributed by atoms with Crippen LogP contribution in [0.15, 0.2) is 0 Å². The lowest BCUT2D eigenvalue weighted by Gasteiger charge is -2.19. The normalized spacial score (nSPS) is 29.8. The minimum atomic E-state index is -0.454. The standard InChI is InChI=1S/C8H14O3/c1-8(2,3)11-7(10)5-4-6(5)9/h5-6,9H,4H2,1-3H3. The molecule has 64 valence electrons. The van der Waals surface area contributed by atoms with Crippen molar-refractivity contribution in [2.45, 2.75) is 38.9 Å². The number of aliphatic hydroxyl groups is 1. The van der Waals surface area contributed by atoms with Gasteiger partial charge < -0.3 is 9.84 Å². The van der Waals surface area contributed by atoms with E-state index in [0.717, 1.165) is 0 Å². The second-order valence-electron chi connectivity index (χ2n) is 3.94. The van der Waals surface area contributed by atoms with Crippen LogP contribution in [0.25, 0.3) is 0 Å². The molecule has 0 amide bonds. The number of aliphatic hydroxyl groups excluding tert-OH is 1. The zero-order chi connectivity index (χ0) is 8.65. The minimum Gasteiger partial charge on any atom is -0.460 e. The van der Waals surface area contributed by atoms with Crippen molar-refractivity contribution in [3.05, 3.63) is 0 Å². The molecule has 2 atom stereocenters. The van der Waals surface area contributed by atoms with E-state index in [1.165, 1.54) is 0 Å². The van der Waals surface area contributed by atoms with Crippen LogP contribution in [-0.2, 0) is 9.53 Å². The number of hydrogen-bond acceptors (Lipinski definition) is 3. The minimum absolute atomic E-state index is 0.255. The number of ether oxygens (including phenoxy) is 1. The molecule has 0 aliphatic heterocycles. The summed E-state index contributed by atoms with van der Waals surface area (Å²) in [5.41, 5.74) is -0.431. The molecule has 3 heteroatoms. The highest BCUT2D eigenvalue weighted by molar-refractivity contribution is 5.76. The molecule has 0 aromatic carbocycles. The van der Waals surface area contributed by atoms with Crippen molar-refractivity contribution in [2.24, 2.45) is 5.92 Å². The van der Waals surface area contributed by atoms with Crippen molar-refractivity contribution in [3.8, 4) is 0 Å². The quantitative estimate of drug-likeness (QED) is 0.572. The first-order chi connectivity index (χ1) is 4.90. The first-order valence-corrected chi connectivity index (χ1v) is 3.81. The summed E-state index contributed by atoms with van der Waals surface area (Å²) in [4.78, 5) is 11.0. The number of carbonyl (C=O) groups excluding carboxylic acids is 1. The van der Waals surface area contributed by atoms with Crippen molar-refractivity contribution in [1.82, 2.24) is 0 Å². The fourth-order valence-electron chi connectivity index (χ4n) is 0.812. The van der Waals surface area contributed by atoms with Gasteiger partial charge in [-0.05, 0) is 27.2 Å². The Hall–Kier alpha value is -0.570. The Kier molecular flexibility index (Phi) is 1.92. The van der Waals surface area contributed by atoms with Crippen molar-refractivity contribution in [3.63, 3.8) is 0 Å². The van der Waals surface area contributed by atoms with Crippen LogP contribution in [0.4, 0.5) is 0 Å². The topological polar surface area (TPSA) is 46.5 Å². The summed E-state index contributed by atoms with van der Waals surface area (Å²) < 4.78 is 5.03. The Morgan fingerprint density at radius 3 is 2.27 bits per heavy atom. The second kappa shape index (κ2) is 2.48. The molecule has 1 aliphatic rings. The summed E-state index contributed by atoms with van der Waals surface area (Å²) in [6, 6.07) is 0. The molecule has 1 aliphatic carbocycles. The molecule has 0 heterocycles. The summed E-state index contributed by atoms with van der Waals surface area (Å²) in [7, 11) is 0. The lowest BCUT2D eigenvalue weighted by Crippen LogP contribution is -2.25. The van der Waals surface area contributed by atoms with E-state index in [0.29, 0.717) is 6.42 Å². The van der Waals surface area contributed by atoms with E-state index in [9.17, 15) is 4.79 Å². The van der Waals surface area contributed by atoms with Crippen LogP contribution in [0, 0.1) is 5.92 Å². The van der Waals surface area contributed by atoms with Crippen molar-refractivity contribution >= 4 is 5.97 Å². The molecule has 0 aromatic heterocycles. The lowest BCUT2D eigenvalue weighted by molar-refractivity contribution is -0.157. The molecule has 1 saturated carbocycles. The molecule has 3 nitrogen and oxygen atoms in total. The molecule has 0 aromatic rings. The van der Waals surface area contributed by atoms with Crippen molar-refractivity contribution < 1.29 is 14.6 Å². The SMILES string of the molecule is CC(C)(C)OC(=O)C1CC1O. The van der Waals surface area contributed by atoms with E-state index in [2.05, 4.69) is 0 Å². The first kappa shape index (κ1) is 8.53. The molecule has 1 N–H and O–H groups in total. The van der Waals surface area contributed by atoms with Crippen LogP contribution < -0.4 is 0 Å². The van der Waals surface area contributed by atoms with Crippen LogP contribution >= 0.6 is 0 Å². The average molecular weight is 158 g/mol. The van der Waals surface area contributed by atoms with Crippen LogP contribution in [0.1, 0.15) is 27.2 Å². The van der Waals surface area contributed by atoms with Gasteiger partial charge in [-0.1, -0.05) is 0 Å². The zero-order valence-electron chi connectivity index (χ0n) is 7.13. The van der Waals surface area contributed by atoms with Gasteiger partial charge in [0.2, 0.25) is 0 Å². The second-order valence-corrected chi connectivity index (χ2v) is 3.94. The van der Waals surface area contributed by atoms with Gasteiger partial charge >= 0.3 is 5.97 Å². The molecule has 11 heavy (non-hydrogen) atoms.